The lowest BCUT2D eigenvalue weighted by Gasteiger charge is -2.21. The van der Waals surface area contributed by atoms with Crippen molar-refractivity contribution in [3.05, 3.63) is 35.9 Å². The molecule has 1 atom stereocenters. The van der Waals surface area contributed by atoms with E-state index < -0.39 is 6.09 Å². The fraction of sp³-hybridized carbons (Fsp3) is 0.417. The minimum Gasteiger partial charge on any atom is -0.465 e. The number of ether oxygens (including phenoxy) is 1. The van der Waals surface area contributed by atoms with Crippen molar-refractivity contribution in [1.82, 2.24) is 4.90 Å². The van der Waals surface area contributed by atoms with Crippen LogP contribution in [0.4, 0.5) is 4.79 Å². The molecule has 4 heteroatoms. The van der Waals surface area contributed by atoms with Crippen LogP contribution in [0.5, 0.6) is 0 Å². The molecule has 0 bridgehead atoms. The summed E-state index contributed by atoms with van der Waals surface area (Å²) < 4.78 is 5.61. The van der Waals surface area contributed by atoms with E-state index in [0.717, 1.165) is 18.4 Å². The highest BCUT2D eigenvalue weighted by Crippen LogP contribution is 2.19. The zero-order valence-electron chi connectivity index (χ0n) is 9.00. The third-order valence-electron chi connectivity index (χ3n) is 2.73. The summed E-state index contributed by atoms with van der Waals surface area (Å²) >= 11 is 0. The van der Waals surface area contributed by atoms with E-state index in [1.807, 2.05) is 30.3 Å². The molecular formula is C12H15NO3. The summed E-state index contributed by atoms with van der Waals surface area (Å²) in [5.41, 5.74) is 1.07. The van der Waals surface area contributed by atoms with Crippen molar-refractivity contribution in [3.63, 3.8) is 0 Å². The Morgan fingerprint density at radius 1 is 1.44 bits per heavy atom. The Labute approximate surface area is 94.4 Å². The van der Waals surface area contributed by atoms with Crippen LogP contribution in [0.25, 0.3) is 0 Å². The molecule has 1 aliphatic heterocycles. The van der Waals surface area contributed by atoms with E-state index >= 15 is 0 Å². The Morgan fingerprint density at radius 3 is 2.88 bits per heavy atom. The maximum absolute atomic E-state index is 10.9. The number of benzene rings is 1. The van der Waals surface area contributed by atoms with Crippen molar-refractivity contribution in [3.8, 4) is 0 Å². The Kier molecular flexibility index (Phi) is 3.41. The third-order valence-corrected chi connectivity index (χ3v) is 2.73. The highest BCUT2D eigenvalue weighted by Gasteiger charge is 2.28. The molecule has 0 radical (unpaired) electrons. The van der Waals surface area contributed by atoms with Gasteiger partial charge in [-0.1, -0.05) is 30.3 Å². The number of rotatable bonds is 3. The molecule has 16 heavy (non-hydrogen) atoms. The first kappa shape index (κ1) is 11.0. The van der Waals surface area contributed by atoms with Crippen LogP contribution in [-0.4, -0.2) is 28.9 Å². The second-order valence-electron chi connectivity index (χ2n) is 3.87. The molecule has 1 heterocycles. The first-order valence-electron chi connectivity index (χ1n) is 5.42. The van der Waals surface area contributed by atoms with E-state index in [0.29, 0.717) is 13.2 Å². The van der Waals surface area contributed by atoms with Crippen LogP contribution >= 0.6 is 0 Å². The second kappa shape index (κ2) is 4.99. The first-order chi connectivity index (χ1) is 7.77. The lowest BCUT2D eigenvalue weighted by molar-refractivity contribution is -0.0351. The van der Waals surface area contributed by atoms with E-state index in [2.05, 4.69) is 0 Å². The van der Waals surface area contributed by atoms with Crippen LogP contribution in [-0.2, 0) is 11.3 Å². The maximum atomic E-state index is 10.9. The number of hydrogen-bond donors (Lipinski definition) is 1. The SMILES string of the molecule is O=C(O)N1CCCC1OCc1ccccc1. The third kappa shape index (κ3) is 2.52. The van der Waals surface area contributed by atoms with Crippen molar-refractivity contribution < 1.29 is 14.6 Å². The van der Waals surface area contributed by atoms with E-state index in [9.17, 15) is 4.79 Å². The standard InChI is InChI=1S/C12H15NO3/c14-12(15)13-8-4-7-11(13)16-9-10-5-2-1-3-6-10/h1-3,5-6,11H,4,7-9H2,(H,14,15). The molecule has 2 rings (SSSR count). The molecule has 1 amide bonds. The molecule has 1 unspecified atom stereocenters. The van der Waals surface area contributed by atoms with Gasteiger partial charge in [-0.15, -0.1) is 0 Å². The van der Waals surface area contributed by atoms with Gasteiger partial charge in [0.1, 0.15) is 6.23 Å². The van der Waals surface area contributed by atoms with E-state index in [4.69, 9.17) is 9.84 Å². The van der Waals surface area contributed by atoms with Crippen LogP contribution in [0.2, 0.25) is 0 Å². The zero-order chi connectivity index (χ0) is 11.4. The summed E-state index contributed by atoms with van der Waals surface area (Å²) in [4.78, 5) is 12.2. The number of amides is 1. The Bertz CT molecular complexity index is 353. The maximum Gasteiger partial charge on any atom is 0.409 e. The monoisotopic (exact) mass is 221 g/mol. The summed E-state index contributed by atoms with van der Waals surface area (Å²) in [6, 6.07) is 9.79. The summed E-state index contributed by atoms with van der Waals surface area (Å²) in [6.45, 7) is 1.05. The van der Waals surface area contributed by atoms with Crippen LogP contribution < -0.4 is 0 Å². The van der Waals surface area contributed by atoms with Gasteiger partial charge in [-0.3, -0.25) is 4.90 Å². The number of carbonyl (C=O) groups is 1. The molecule has 0 saturated carbocycles. The van der Waals surface area contributed by atoms with Gasteiger partial charge in [0, 0.05) is 6.54 Å². The Hall–Kier alpha value is -1.55. The normalized spacial score (nSPS) is 20.0. The average molecular weight is 221 g/mol. The average Bonchev–Trinajstić information content (AvgIpc) is 2.76. The molecule has 1 N–H and O–H groups in total. The zero-order valence-corrected chi connectivity index (χ0v) is 9.00. The minimum absolute atomic E-state index is 0.280. The molecule has 0 aliphatic carbocycles. The van der Waals surface area contributed by atoms with Crippen molar-refractivity contribution in [2.24, 2.45) is 0 Å². The number of carboxylic acid groups (broad SMARTS) is 1. The van der Waals surface area contributed by atoms with Crippen LogP contribution in [0, 0.1) is 0 Å². The molecule has 4 nitrogen and oxygen atoms in total. The number of likely N-dealkylation sites (tertiary alicyclic amines) is 1. The van der Waals surface area contributed by atoms with Crippen molar-refractivity contribution in [2.45, 2.75) is 25.7 Å². The molecule has 0 aromatic heterocycles. The molecule has 86 valence electrons. The molecule has 0 spiro atoms. The molecule has 1 aromatic carbocycles. The molecule has 1 saturated heterocycles. The highest BCUT2D eigenvalue weighted by molar-refractivity contribution is 5.65. The van der Waals surface area contributed by atoms with Gasteiger partial charge in [0.15, 0.2) is 0 Å². The van der Waals surface area contributed by atoms with Crippen molar-refractivity contribution in [2.75, 3.05) is 6.54 Å². The van der Waals surface area contributed by atoms with E-state index in [-0.39, 0.29) is 6.23 Å². The van der Waals surface area contributed by atoms with Gasteiger partial charge < -0.3 is 9.84 Å². The van der Waals surface area contributed by atoms with Gasteiger partial charge in [0.25, 0.3) is 0 Å². The van der Waals surface area contributed by atoms with Crippen LogP contribution in [0.15, 0.2) is 30.3 Å². The van der Waals surface area contributed by atoms with E-state index in [1.54, 1.807) is 0 Å². The highest BCUT2D eigenvalue weighted by atomic mass is 16.5. The molecule has 1 aliphatic rings. The summed E-state index contributed by atoms with van der Waals surface area (Å²) in [6.07, 6.45) is 0.499. The number of hydrogen-bond acceptors (Lipinski definition) is 2. The Morgan fingerprint density at radius 2 is 2.19 bits per heavy atom. The van der Waals surface area contributed by atoms with Crippen molar-refractivity contribution >= 4 is 6.09 Å². The smallest absolute Gasteiger partial charge is 0.409 e. The first-order valence-corrected chi connectivity index (χ1v) is 5.42. The predicted molar refractivity (Wildman–Crippen MR) is 59.0 cm³/mol. The second-order valence-corrected chi connectivity index (χ2v) is 3.87. The topological polar surface area (TPSA) is 49.8 Å². The Balaban J connectivity index is 1.88. The summed E-state index contributed by atoms with van der Waals surface area (Å²) in [5, 5.41) is 8.93. The summed E-state index contributed by atoms with van der Waals surface area (Å²) in [7, 11) is 0. The predicted octanol–water partition coefficient (Wildman–Crippen LogP) is 2.30. The molecule has 1 fully saturated rings. The van der Waals surface area contributed by atoms with Gasteiger partial charge in [-0.25, -0.2) is 4.79 Å². The van der Waals surface area contributed by atoms with Crippen molar-refractivity contribution in [1.29, 1.82) is 0 Å². The molecular weight excluding hydrogens is 206 g/mol. The largest absolute Gasteiger partial charge is 0.465 e. The van der Waals surface area contributed by atoms with Gasteiger partial charge in [0.05, 0.1) is 6.61 Å². The van der Waals surface area contributed by atoms with Gasteiger partial charge in [0.2, 0.25) is 0 Å². The lowest BCUT2D eigenvalue weighted by atomic mass is 10.2. The van der Waals surface area contributed by atoms with Gasteiger partial charge in [-0.2, -0.15) is 0 Å². The van der Waals surface area contributed by atoms with Crippen LogP contribution in [0.1, 0.15) is 18.4 Å². The molecule has 1 aromatic rings. The van der Waals surface area contributed by atoms with Crippen LogP contribution in [0.3, 0.4) is 0 Å². The lowest BCUT2D eigenvalue weighted by Crippen LogP contribution is -2.35. The minimum atomic E-state index is -0.893. The summed E-state index contributed by atoms with van der Waals surface area (Å²) in [5.74, 6) is 0. The quantitative estimate of drug-likeness (QED) is 0.852. The fourth-order valence-electron chi connectivity index (χ4n) is 1.89. The number of nitrogens with zero attached hydrogens (tertiary/aromatic N) is 1. The fourth-order valence-corrected chi connectivity index (χ4v) is 1.89. The van der Waals surface area contributed by atoms with E-state index in [1.165, 1.54) is 4.90 Å². The van der Waals surface area contributed by atoms with Gasteiger partial charge in [-0.05, 0) is 18.4 Å². The van der Waals surface area contributed by atoms with Gasteiger partial charge >= 0.3 is 6.09 Å².